The second kappa shape index (κ2) is 6.80. The molecule has 25 heavy (non-hydrogen) atoms. The maximum Gasteiger partial charge on any atom is 0.208 e. The molecule has 132 valence electrons. The van der Waals surface area contributed by atoms with Gasteiger partial charge >= 0.3 is 0 Å². The summed E-state index contributed by atoms with van der Waals surface area (Å²) >= 11 is 0. The minimum atomic E-state index is -0.0212. The molecule has 0 fully saturated rings. The lowest BCUT2D eigenvalue weighted by Crippen LogP contribution is -2.22. The number of oxazole rings is 1. The van der Waals surface area contributed by atoms with E-state index in [4.69, 9.17) is 4.42 Å². The molecule has 0 aliphatic rings. The molecule has 3 aromatic rings. The van der Waals surface area contributed by atoms with Gasteiger partial charge in [0.2, 0.25) is 5.89 Å². The van der Waals surface area contributed by atoms with Crippen molar-refractivity contribution in [2.24, 2.45) is 0 Å². The fourth-order valence-electron chi connectivity index (χ4n) is 2.58. The molecular weight excluding hydrogens is 314 g/mol. The van der Waals surface area contributed by atoms with Gasteiger partial charge in [-0.15, -0.1) is 0 Å². The smallest absolute Gasteiger partial charge is 0.208 e. The first kappa shape index (κ1) is 17.4. The summed E-state index contributed by atoms with van der Waals surface area (Å²) in [4.78, 5) is 10.6. The lowest BCUT2D eigenvalue weighted by atomic mass is 9.94. The third-order valence-electron chi connectivity index (χ3n) is 4.40. The molecule has 0 amide bonds. The average molecular weight is 339 g/mol. The van der Waals surface area contributed by atoms with Crippen LogP contribution < -0.4 is 0 Å². The zero-order valence-corrected chi connectivity index (χ0v) is 15.5. The molecule has 6 heteroatoms. The van der Waals surface area contributed by atoms with Crippen LogP contribution in [0, 0.1) is 0 Å². The summed E-state index contributed by atoms with van der Waals surface area (Å²) in [5, 5.41) is 4.15. The maximum atomic E-state index is 5.90. The van der Waals surface area contributed by atoms with Crippen LogP contribution in [0.4, 0.5) is 0 Å². The molecule has 0 saturated carbocycles. The molecule has 3 rings (SSSR count). The lowest BCUT2D eigenvalue weighted by Gasteiger charge is -2.24. The van der Waals surface area contributed by atoms with Gasteiger partial charge in [-0.1, -0.05) is 32.9 Å². The zero-order valence-electron chi connectivity index (χ0n) is 15.5. The van der Waals surface area contributed by atoms with E-state index in [1.807, 2.05) is 6.20 Å². The van der Waals surface area contributed by atoms with Gasteiger partial charge in [0.1, 0.15) is 18.4 Å². The summed E-state index contributed by atoms with van der Waals surface area (Å²) in [6.07, 6.45) is 5.06. The Labute approximate surface area is 148 Å². The molecule has 1 atom stereocenters. The van der Waals surface area contributed by atoms with Gasteiger partial charge in [0.05, 0.1) is 18.4 Å². The van der Waals surface area contributed by atoms with Crippen molar-refractivity contribution in [2.75, 3.05) is 7.05 Å². The molecule has 2 aromatic heterocycles. The molecule has 6 nitrogen and oxygen atoms in total. The molecule has 0 aliphatic carbocycles. The quantitative estimate of drug-likeness (QED) is 0.708. The zero-order chi connectivity index (χ0) is 18.0. The maximum absolute atomic E-state index is 5.90. The number of rotatable bonds is 5. The summed E-state index contributed by atoms with van der Waals surface area (Å²) in [6, 6.07) is 8.59. The molecule has 2 heterocycles. The summed E-state index contributed by atoms with van der Waals surface area (Å²) in [5.41, 5.74) is 2.21. The Kier molecular flexibility index (Phi) is 4.72. The van der Waals surface area contributed by atoms with Crippen molar-refractivity contribution in [1.29, 1.82) is 0 Å². The molecule has 1 unspecified atom stereocenters. The van der Waals surface area contributed by atoms with E-state index in [-0.39, 0.29) is 11.5 Å². The summed E-state index contributed by atoms with van der Waals surface area (Å²) < 4.78 is 7.65. The Morgan fingerprint density at radius 2 is 1.92 bits per heavy atom. The molecule has 0 N–H and O–H groups in total. The van der Waals surface area contributed by atoms with Crippen LogP contribution in [0.2, 0.25) is 0 Å². The van der Waals surface area contributed by atoms with Gasteiger partial charge in [0.25, 0.3) is 0 Å². The Hall–Kier alpha value is -2.47. The van der Waals surface area contributed by atoms with Crippen LogP contribution in [0.5, 0.6) is 0 Å². The van der Waals surface area contributed by atoms with E-state index in [1.165, 1.54) is 11.9 Å². The van der Waals surface area contributed by atoms with Crippen LogP contribution in [0.15, 0.2) is 47.5 Å². The van der Waals surface area contributed by atoms with Crippen molar-refractivity contribution in [2.45, 2.75) is 45.7 Å². The largest absolute Gasteiger partial charge is 0.444 e. The topological polar surface area (TPSA) is 60.0 Å². The first-order valence-electron chi connectivity index (χ1n) is 8.45. The van der Waals surface area contributed by atoms with Gasteiger partial charge in [-0.05, 0) is 31.7 Å². The Balaban J connectivity index is 1.67. The van der Waals surface area contributed by atoms with Gasteiger partial charge in [0.15, 0.2) is 0 Å². The van der Waals surface area contributed by atoms with Crippen molar-refractivity contribution in [3.8, 4) is 5.69 Å². The highest BCUT2D eigenvalue weighted by atomic mass is 16.4. The molecule has 0 aliphatic heterocycles. The van der Waals surface area contributed by atoms with Crippen molar-refractivity contribution < 1.29 is 4.42 Å². The second-order valence-corrected chi connectivity index (χ2v) is 7.39. The van der Waals surface area contributed by atoms with E-state index < -0.39 is 0 Å². The predicted molar refractivity (Wildman–Crippen MR) is 96.4 cm³/mol. The monoisotopic (exact) mass is 339 g/mol. The molecule has 0 saturated heterocycles. The van der Waals surface area contributed by atoms with E-state index in [0.29, 0.717) is 6.54 Å². The van der Waals surface area contributed by atoms with Crippen molar-refractivity contribution >= 4 is 0 Å². The van der Waals surface area contributed by atoms with E-state index in [0.717, 1.165) is 17.3 Å². The van der Waals surface area contributed by atoms with Crippen molar-refractivity contribution in [3.05, 3.63) is 60.3 Å². The first-order valence-corrected chi connectivity index (χ1v) is 8.45. The van der Waals surface area contributed by atoms with Gasteiger partial charge in [-0.2, -0.15) is 5.10 Å². The second-order valence-electron chi connectivity index (χ2n) is 7.39. The predicted octanol–water partition coefficient (Wildman–Crippen LogP) is 3.75. The number of hydrogen-bond donors (Lipinski definition) is 0. The van der Waals surface area contributed by atoms with Crippen LogP contribution in [-0.2, 0) is 12.0 Å². The van der Waals surface area contributed by atoms with Crippen LogP contribution in [0.1, 0.15) is 51.0 Å². The van der Waals surface area contributed by atoms with E-state index >= 15 is 0 Å². The first-order chi connectivity index (χ1) is 11.8. The molecule has 1 aromatic carbocycles. The van der Waals surface area contributed by atoms with E-state index in [1.54, 1.807) is 11.0 Å². The van der Waals surface area contributed by atoms with Crippen LogP contribution in [0.3, 0.4) is 0 Å². The van der Waals surface area contributed by atoms with Crippen LogP contribution >= 0.6 is 0 Å². The number of nitrogens with zero attached hydrogens (tertiary/aromatic N) is 5. The SMILES string of the molecule is CC(c1ccc(-n2cncn2)cc1)N(C)Cc1ncc(C(C)(C)C)o1. The number of aromatic nitrogens is 4. The normalized spacial score (nSPS) is 13.4. The molecular formula is C19H25N5O. The Morgan fingerprint density at radius 3 is 2.48 bits per heavy atom. The van der Waals surface area contributed by atoms with E-state index in [2.05, 4.69) is 79.0 Å². The minimum Gasteiger partial charge on any atom is -0.444 e. The van der Waals surface area contributed by atoms with Crippen molar-refractivity contribution in [3.63, 3.8) is 0 Å². The van der Waals surface area contributed by atoms with E-state index in [9.17, 15) is 0 Å². The summed E-state index contributed by atoms with van der Waals surface area (Å²) in [7, 11) is 2.08. The highest BCUT2D eigenvalue weighted by Crippen LogP contribution is 2.25. The molecule has 0 bridgehead atoms. The third-order valence-corrected chi connectivity index (χ3v) is 4.40. The average Bonchev–Trinajstić information content (AvgIpc) is 3.25. The summed E-state index contributed by atoms with van der Waals surface area (Å²) in [5.74, 6) is 1.67. The fourth-order valence-corrected chi connectivity index (χ4v) is 2.58. The standard InChI is InChI=1S/C19H25N5O/c1-14(15-6-8-16(9-7-15)24-13-20-12-22-24)23(5)11-18-21-10-17(25-18)19(2,3)4/h6-10,12-14H,11H2,1-5H3. The fraction of sp³-hybridized carbons (Fsp3) is 0.421. The summed E-state index contributed by atoms with van der Waals surface area (Å²) in [6.45, 7) is 9.22. The third kappa shape index (κ3) is 3.96. The van der Waals surface area contributed by atoms with Crippen LogP contribution in [-0.4, -0.2) is 31.7 Å². The Morgan fingerprint density at radius 1 is 1.20 bits per heavy atom. The van der Waals surface area contributed by atoms with Gasteiger partial charge in [0, 0.05) is 11.5 Å². The van der Waals surface area contributed by atoms with Gasteiger partial charge in [-0.25, -0.2) is 14.6 Å². The van der Waals surface area contributed by atoms with Crippen molar-refractivity contribution in [1.82, 2.24) is 24.6 Å². The van der Waals surface area contributed by atoms with Gasteiger partial charge in [-0.3, -0.25) is 4.90 Å². The minimum absolute atomic E-state index is 0.0212. The van der Waals surface area contributed by atoms with Gasteiger partial charge < -0.3 is 4.42 Å². The highest BCUT2D eigenvalue weighted by Gasteiger charge is 2.20. The highest BCUT2D eigenvalue weighted by molar-refractivity contribution is 5.34. The van der Waals surface area contributed by atoms with Crippen LogP contribution in [0.25, 0.3) is 5.69 Å². The molecule has 0 radical (unpaired) electrons. The number of hydrogen-bond acceptors (Lipinski definition) is 5. The number of benzene rings is 1. The Bertz CT molecular complexity index is 799. The molecule has 0 spiro atoms. The lowest BCUT2D eigenvalue weighted by molar-refractivity contribution is 0.222.